The fraction of sp³-hybridized carbons (Fsp3) is 0.211. The Labute approximate surface area is 156 Å². The van der Waals surface area contributed by atoms with Crippen molar-refractivity contribution in [2.45, 2.75) is 19.9 Å². The third-order valence-electron chi connectivity index (χ3n) is 3.44. The van der Waals surface area contributed by atoms with Crippen LogP contribution < -0.4 is 10.1 Å². The van der Waals surface area contributed by atoms with Gasteiger partial charge in [0, 0.05) is 11.6 Å². The molecule has 1 heterocycles. The van der Waals surface area contributed by atoms with Crippen LogP contribution in [-0.4, -0.2) is 28.7 Å². The average Bonchev–Trinajstić information content (AvgIpc) is 3.10. The van der Waals surface area contributed by atoms with Crippen molar-refractivity contribution >= 4 is 17.5 Å². The average molecular weight is 372 g/mol. The van der Waals surface area contributed by atoms with Gasteiger partial charge in [0.15, 0.2) is 6.61 Å². The molecule has 1 amide bonds. The van der Waals surface area contributed by atoms with Gasteiger partial charge in [-0.1, -0.05) is 41.0 Å². The monoisotopic (exact) mass is 371 g/mol. The van der Waals surface area contributed by atoms with E-state index in [4.69, 9.17) is 20.9 Å². The molecule has 6 nitrogen and oxygen atoms in total. The molecule has 0 saturated carbocycles. The Morgan fingerprint density at radius 3 is 2.81 bits per heavy atom. The molecule has 0 aliphatic carbocycles. The van der Waals surface area contributed by atoms with E-state index in [9.17, 15) is 4.79 Å². The minimum absolute atomic E-state index is 0.0568. The van der Waals surface area contributed by atoms with Gasteiger partial charge in [-0.2, -0.15) is 4.98 Å². The maximum absolute atomic E-state index is 11.7. The van der Waals surface area contributed by atoms with E-state index in [2.05, 4.69) is 15.5 Å². The first kappa shape index (κ1) is 17.9. The number of ether oxygens (including phenoxy) is 1. The highest BCUT2D eigenvalue weighted by Gasteiger charge is 2.13. The molecule has 1 aromatic heterocycles. The highest BCUT2D eigenvalue weighted by Crippen LogP contribution is 2.28. The molecule has 0 aliphatic rings. The maximum atomic E-state index is 11.7. The zero-order valence-electron chi connectivity index (χ0n) is 14.4. The molecule has 134 valence electrons. The van der Waals surface area contributed by atoms with Gasteiger partial charge in [0.05, 0.1) is 10.6 Å². The van der Waals surface area contributed by atoms with Crippen LogP contribution in [0.25, 0.3) is 22.8 Å². The van der Waals surface area contributed by atoms with E-state index in [1.165, 1.54) is 0 Å². The zero-order chi connectivity index (χ0) is 18.5. The van der Waals surface area contributed by atoms with Crippen molar-refractivity contribution in [3.05, 3.63) is 53.6 Å². The summed E-state index contributed by atoms with van der Waals surface area (Å²) in [6.45, 7) is 3.73. The molecule has 0 bridgehead atoms. The second-order valence-corrected chi connectivity index (χ2v) is 6.35. The van der Waals surface area contributed by atoms with Crippen LogP contribution >= 0.6 is 11.6 Å². The van der Waals surface area contributed by atoms with Gasteiger partial charge in [-0.15, -0.1) is 0 Å². The van der Waals surface area contributed by atoms with E-state index in [1.807, 2.05) is 38.1 Å². The molecule has 0 unspecified atom stereocenters. The number of hydrogen-bond donors (Lipinski definition) is 1. The van der Waals surface area contributed by atoms with Crippen molar-refractivity contribution < 1.29 is 14.1 Å². The van der Waals surface area contributed by atoms with E-state index in [-0.39, 0.29) is 18.6 Å². The standard InChI is InChI=1S/C19H18ClN3O3/c1-12(2)21-17(24)11-25-14-7-5-6-13(10-14)18-22-19(26-23-18)15-8-3-4-9-16(15)20/h3-10,12H,11H2,1-2H3,(H,21,24). The fourth-order valence-corrected chi connectivity index (χ4v) is 2.54. The van der Waals surface area contributed by atoms with Crippen LogP contribution in [0.4, 0.5) is 0 Å². The summed E-state index contributed by atoms with van der Waals surface area (Å²) in [5.41, 5.74) is 1.39. The van der Waals surface area contributed by atoms with Crippen LogP contribution in [0.1, 0.15) is 13.8 Å². The van der Waals surface area contributed by atoms with E-state index in [1.54, 1.807) is 24.3 Å². The van der Waals surface area contributed by atoms with Crippen LogP contribution in [-0.2, 0) is 4.79 Å². The Hall–Kier alpha value is -2.86. The van der Waals surface area contributed by atoms with Gasteiger partial charge in [-0.25, -0.2) is 0 Å². The number of nitrogens with zero attached hydrogens (tertiary/aromatic N) is 2. The molecule has 2 aromatic carbocycles. The molecule has 0 fully saturated rings. The lowest BCUT2D eigenvalue weighted by Crippen LogP contribution is -2.34. The lowest BCUT2D eigenvalue weighted by atomic mass is 10.2. The molecule has 0 saturated heterocycles. The van der Waals surface area contributed by atoms with Crippen molar-refractivity contribution in [1.29, 1.82) is 0 Å². The van der Waals surface area contributed by atoms with Crippen molar-refractivity contribution in [2.24, 2.45) is 0 Å². The van der Waals surface area contributed by atoms with Gasteiger partial charge in [0.2, 0.25) is 5.82 Å². The number of carbonyl (C=O) groups excluding carboxylic acids is 1. The van der Waals surface area contributed by atoms with Crippen LogP contribution in [0.15, 0.2) is 53.1 Å². The van der Waals surface area contributed by atoms with Gasteiger partial charge < -0.3 is 14.6 Å². The summed E-state index contributed by atoms with van der Waals surface area (Å²) in [6, 6.07) is 14.5. The highest BCUT2D eigenvalue weighted by molar-refractivity contribution is 6.33. The summed E-state index contributed by atoms with van der Waals surface area (Å²) >= 11 is 6.16. The van der Waals surface area contributed by atoms with E-state index >= 15 is 0 Å². The second-order valence-electron chi connectivity index (χ2n) is 5.94. The number of halogens is 1. The third kappa shape index (κ3) is 4.40. The van der Waals surface area contributed by atoms with Crippen LogP contribution in [0.2, 0.25) is 5.02 Å². The number of rotatable bonds is 6. The Balaban J connectivity index is 1.75. The number of nitrogens with one attached hydrogen (secondary N) is 1. The van der Waals surface area contributed by atoms with Crippen LogP contribution in [0.5, 0.6) is 5.75 Å². The van der Waals surface area contributed by atoms with Crippen molar-refractivity contribution in [1.82, 2.24) is 15.5 Å². The summed E-state index contributed by atoms with van der Waals surface area (Å²) in [4.78, 5) is 16.1. The molecule has 0 aliphatic heterocycles. The Morgan fingerprint density at radius 2 is 2.04 bits per heavy atom. The molecule has 1 N–H and O–H groups in total. The fourth-order valence-electron chi connectivity index (χ4n) is 2.32. The molecule has 3 rings (SSSR count). The molecule has 0 spiro atoms. The number of hydrogen-bond acceptors (Lipinski definition) is 5. The van der Waals surface area contributed by atoms with Crippen molar-refractivity contribution in [3.63, 3.8) is 0 Å². The van der Waals surface area contributed by atoms with Crippen LogP contribution in [0.3, 0.4) is 0 Å². The molecule has 7 heteroatoms. The molecule has 26 heavy (non-hydrogen) atoms. The minimum Gasteiger partial charge on any atom is -0.484 e. The molecule has 0 radical (unpaired) electrons. The zero-order valence-corrected chi connectivity index (χ0v) is 15.2. The Morgan fingerprint density at radius 1 is 1.23 bits per heavy atom. The Kier molecular flexibility index (Phi) is 5.53. The summed E-state index contributed by atoms with van der Waals surface area (Å²) in [6.07, 6.45) is 0. The van der Waals surface area contributed by atoms with Gasteiger partial charge in [0.1, 0.15) is 5.75 Å². The van der Waals surface area contributed by atoms with E-state index in [0.717, 1.165) is 0 Å². The molecule has 0 atom stereocenters. The highest BCUT2D eigenvalue weighted by atomic mass is 35.5. The summed E-state index contributed by atoms with van der Waals surface area (Å²) in [7, 11) is 0. The maximum Gasteiger partial charge on any atom is 0.259 e. The number of benzene rings is 2. The van der Waals surface area contributed by atoms with Crippen LogP contribution in [0, 0.1) is 0 Å². The number of aromatic nitrogens is 2. The van der Waals surface area contributed by atoms with E-state index in [0.29, 0.717) is 33.6 Å². The lowest BCUT2D eigenvalue weighted by molar-refractivity contribution is -0.123. The second kappa shape index (κ2) is 8.01. The first-order chi connectivity index (χ1) is 12.5. The van der Waals surface area contributed by atoms with Crippen molar-refractivity contribution in [3.8, 4) is 28.6 Å². The van der Waals surface area contributed by atoms with Gasteiger partial charge in [-0.3, -0.25) is 4.79 Å². The molecular formula is C19H18ClN3O3. The smallest absolute Gasteiger partial charge is 0.259 e. The Bertz CT molecular complexity index is 908. The lowest BCUT2D eigenvalue weighted by Gasteiger charge is -2.10. The predicted octanol–water partition coefficient (Wildman–Crippen LogP) is 3.96. The van der Waals surface area contributed by atoms with Gasteiger partial charge in [0.25, 0.3) is 11.8 Å². The summed E-state index contributed by atoms with van der Waals surface area (Å²) < 4.78 is 10.8. The first-order valence-electron chi connectivity index (χ1n) is 8.14. The van der Waals surface area contributed by atoms with E-state index < -0.39 is 0 Å². The largest absolute Gasteiger partial charge is 0.484 e. The normalized spacial score (nSPS) is 10.8. The quantitative estimate of drug-likeness (QED) is 0.709. The number of carbonyl (C=O) groups is 1. The molecular weight excluding hydrogens is 354 g/mol. The van der Waals surface area contributed by atoms with Gasteiger partial charge in [-0.05, 0) is 38.1 Å². The topological polar surface area (TPSA) is 77.2 Å². The molecule has 3 aromatic rings. The minimum atomic E-state index is -0.175. The summed E-state index contributed by atoms with van der Waals surface area (Å²) in [5, 5.41) is 7.31. The number of amides is 1. The predicted molar refractivity (Wildman–Crippen MR) is 99.0 cm³/mol. The summed E-state index contributed by atoms with van der Waals surface area (Å²) in [5.74, 6) is 1.13. The van der Waals surface area contributed by atoms with Gasteiger partial charge >= 0.3 is 0 Å². The van der Waals surface area contributed by atoms with Crippen molar-refractivity contribution in [2.75, 3.05) is 6.61 Å². The first-order valence-corrected chi connectivity index (χ1v) is 8.52. The SMILES string of the molecule is CC(C)NC(=O)COc1cccc(-c2noc(-c3ccccc3Cl)n2)c1. The third-order valence-corrected chi connectivity index (χ3v) is 3.77.